The molecule has 0 amide bonds. The molecule has 1 rings (SSSR count). The summed E-state index contributed by atoms with van der Waals surface area (Å²) < 4.78 is 10.8. The lowest BCUT2D eigenvalue weighted by molar-refractivity contribution is -0.117. The van der Waals surface area contributed by atoms with Crippen LogP contribution in [0.2, 0.25) is 0 Å². The minimum absolute atomic E-state index is 0.248. The van der Waals surface area contributed by atoms with Gasteiger partial charge in [0, 0.05) is 31.2 Å². The van der Waals surface area contributed by atoms with Gasteiger partial charge in [-0.3, -0.25) is 0 Å². The zero-order chi connectivity index (χ0) is 11.5. The maximum absolute atomic E-state index is 5.69. The second kappa shape index (κ2) is 5.28. The first-order valence-corrected chi connectivity index (χ1v) is 5.89. The number of methoxy groups -OCH3 is 1. The van der Waals surface area contributed by atoms with E-state index in [2.05, 4.69) is 33.0 Å². The fourth-order valence-electron chi connectivity index (χ4n) is 2.29. The first-order chi connectivity index (χ1) is 7.02. The van der Waals surface area contributed by atoms with E-state index in [1.165, 1.54) is 0 Å². The van der Waals surface area contributed by atoms with E-state index in [9.17, 15) is 0 Å². The smallest absolute Gasteiger partial charge is 0.0655 e. The Hall–Kier alpha value is -0.120. The molecular weight excluding hydrogens is 190 g/mol. The molecule has 1 N–H and O–H groups in total. The molecule has 15 heavy (non-hydrogen) atoms. The Kier molecular flexibility index (Phi) is 4.56. The van der Waals surface area contributed by atoms with Crippen molar-refractivity contribution in [3.63, 3.8) is 0 Å². The topological polar surface area (TPSA) is 30.5 Å². The first-order valence-electron chi connectivity index (χ1n) is 5.89. The van der Waals surface area contributed by atoms with Crippen LogP contribution in [0.15, 0.2) is 0 Å². The first kappa shape index (κ1) is 12.9. The SMILES string of the molecule is CCOC1CC(NC(C)COC)C1(C)C. The third-order valence-corrected chi connectivity index (χ3v) is 3.45. The number of rotatable bonds is 6. The maximum Gasteiger partial charge on any atom is 0.0655 e. The van der Waals surface area contributed by atoms with Crippen LogP contribution >= 0.6 is 0 Å². The molecule has 0 bridgehead atoms. The summed E-state index contributed by atoms with van der Waals surface area (Å²) in [6, 6.07) is 0.973. The van der Waals surface area contributed by atoms with Gasteiger partial charge >= 0.3 is 0 Å². The highest BCUT2D eigenvalue weighted by molar-refractivity contribution is 5.03. The minimum atomic E-state index is 0.248. The van der Waals surface area contributed by atoms with Crippen LogP contribution in [0, 0.1) is 5.41 Å². The van der Waals surface area contributed by atoms with Crippen molar-refractivity contribution in [3.8, 4) is 0 Å². The van der Waals surface area contributed by atoms with Crippen LogP contribution in [0.25, 0.3) is 0 Å². The fourth-order valence-corrected chi connectivity index (χ4v) is 2.29. The number of ether oxygens (including phenoxy) is 2. The molecule has 0 aromatic carbocycles. The summed E-state index contributed by atoms with van der Waals surface area (Å²) in [6.45, 7) is 10.3. The van der Waals surface area contributed by atoms with Crippen molar-refractivity contribution in [1.82, 2.24) is 5.32 Å². The third kappa shape index (κ3) is 2.92. The second-order valence-corrected chi connectivity index (χ2v) is 5.08. The van der Waals surface area contributed by atoms with Gasteiger partial charge in [-0.05, 0) is 20.3 Å². The average molecular weight is 215 g/mol. The van der Waals surface area contributed by atoms with Crippen molar-refractivity contribution in [2.45, 2.75) is 52.3 Å². The summed E-state index contributed by atoms with van der Waals surface area (Å²) in [5, 5.41) is 3.59. The summed E-state index contributed by atoms with van der Waals surface area (Å²) in [5.41, 5.74) is 0.248. The van der Waals surface area contributed by atoms with E-state index in [4.69, 9.17) is 9.47 Å². The lowest BCUT2D eigenvalue weighted by Crippen LogP contribution is -2.62. The largest absolute Gasteiger partial charge is 0.383 e. The molecular formula is C12H25NO2. The number of hydrogen-bond acceptors (Lipinski definition) is 3. The third-order valence-electron chi connectivity index (χ3n) is 3.45. The molecule has 0 radical (unpaired) electrons. The van der Waals surface area contributed by atoms with E-state index >= 15 is 0 Å². The van der Waals surface area contributed by atoms with Crippen LogP contribution < -0.4 is 5.32 Å². The second-order valence-electron chi connectivity index (χ2n) is 5.08. The lowest BCUT2D eigenvalue weighted by atomic mass is 9.64. The van der Waals surface area contributed by atoms with Crippen LogP contribution in [-0.4, -0.2) is 38.5 Å². The molecule has 3 atom stereocenters. The molecule has 0 heterocycles. The van der Waals surface area contributed by atoms with E-state index in [1.54, 1.807) is 7.11 Å². The quantitative estimate of drug-likeness (QED) is 0.733. The highest BCUT2D eigenvalue weighted by Gasteiger charge is 2.48. The van der Waals surface area contributed by atoms with Gasteiger partial charge in [-0.15, -0.1) is 0 Å². The molecule has 0 aromatic heterocycles. The molecule has 1 saturated carbocycles. The van der Waals surface area contributed by atoms with E-state index in [0.29, 0.717) is 18.2 Å². The monoisotopic (exact) mass is 215 g/mol. The fraction of sp³-hybridized carbons (Fsp3) is 1.00. The highest BCUT2D eigenvalue weighted by Crippen LogP contribution is 2.42. The van der Waals surface area contributed by atoms with Gasteiger partial charge in [0.15, 0.2) is 0 Å². The van der Waals surface area contributed by atoms with Crippen molar-refractivity contribution in [2.24, 2.45) is 5.41 Å². The van der Waals surface area contributed by atoms with E-state index in [1.807, 2.05) is 0 Å². The van der Waals surface area contributed by atoms with Gasteiger partial charge in [-0.2, -0.15) is 0 Å². The van der Waals surface area contributed by atoms with E-state index in [-0.39, 0.29) is 5.41 Å². The number of nitrogens with one attached hydrogen (secondary N) is 1. The molecule has 0 aliphatic heterocycles. The molecule has 1 aliphatic carbocycles. The highest BCUT2D eigenvalue weighted by atomic mass is 16.5. The van der Waals surface area contributed by atoms with Gasteiger partial charge < -0.3 is 14.8 Å². The van der Waals surface area contributed by atoms with Gasteiger partial charge in [0.25, 0.3) is 0 Å². The van der Waals surface area contributed by atoms with Crippen molar-refractivity contribution < 1.29 is 9.47 Å². The van der Waals surface area contributed by atoms with Crippen LogP contribution in [0.5, 0.6) is 0 Å². The maximum atomic E-state index is 5.69. The summed E-state index contributed by atoms with van der Waals surface area (Å²) >= 11 is 0. The van der Waals surface area contributed by atoms with Gasteiger partial charge in [0.1, 0.15) is 0 Å². The molecule has 90 valence electrons. The molecule has 3 heteroatoms. The molecule has 0 aromatic rings. The van der Waals surface area contributed by atoms with Crippen molar-refractivity contribution in [1.29, 1.82) is 0 Å². The molecule has 1 fully saturated rings. The van der Waals surface area contributed by atoms with E-state index in [0.717, 1.165) is 19.6 Å². The minimum Gasteiger partial charge on any atom is -0.383 e. The molecule has 0 spiro atoms. The Balaban J connectivity index is 2.34. The normalized spacial score (nSPS) is 31.0. The van der Waals surface area contributed by atoms with Crippen LogP contribution in [0.1, 0.15) is 34.1 Å². The van der Waals surface area contributed by atoms with Crippen LogP contribution in [-0.2, 0) is 9.47 Å². The summed E-state index contributed by atoms with van der Waals surface area (Å²) in [7, 11) is 1.74. The van der Waals surface area contributed by atoms with Gasteiger partial charge in [0.05, 0.1) is 12.7 Å². The molecule has 0 saturated heterocycles. The lowest BCUT2D eigenvalue weighted by Gasteiger charge is -2.52. The number of hydrogen-bond donors (Lipinski definition) is 1. The zero-order valence-electron chi connectivity index (χ0n) is 10.7. The summed E-state index contributed by atoms with van der Waals surface area (Å²) in [5.74, 6) is 0. The zero-order valence-corrected chi connectivity index (χ0v) is 10.7. The van der Waals surface area contributed by atoms with Gasteiger partial charge in [-0.25, -0.2) is 0 Å². The van der Waals surface area contributed by atoms with Crippen molar-refractivity contribution >= 4 is 0 Å². The standard InChI is InChI=1S/C12H25NO2/c1-6-15-11-7-10(12(11,3)4)13-9(2)8-14-5/h9-11,13H,6-8H2,1-5H3. The Bertz CT molecular complexity index is 194. The summed E-state index contributed by atoms with van der Waals surface area (Å²) in [6.07, 6.45) is 1.53. The van der Waals surface area contributed by atoms with Gasteiger partial charge in [-0.1, -0.05) is 13.8 Å². The molecule has 1 aliphatic rings. The Morgan fingerprint density at radius 2 is 2.13 bits per heavy atom. The Morgan fingerprint density at radius 3 is 2.60 bits per heavy atom. The molecule has 3 unspecified atom stereocenters. The predicted octanol–water partition coefficient (Wildman–Crippen LogP) is 1.81. The van der Waals surface area contributed by atoms with Crippen molar-refractivity contribution in [3.05, 3.63) is 0 Å². The average Bonchev–Trinajstić information content (AvgIpc) is 2.17. The Labute approximate surface area is 93.5 Å². The Morgan fingerprint density at radius 1 is 1.47 bits per heavy atom. The molecule has 3 nitrogen and oxygen atoms in total. The van der Waals surface area contributed by atoms with Gasteiger partial charge in [0.2, 0.25) is 0 Å². The summed E-state index contributed by atoms with van der Waals surface area (Å²) in [4.78, 5) is 0. The van der Waals surface area contributed by atoms with Crippen LogP contribution in [0.4, 0.5) is 0 Å². The van der Waals surface area contributed by atoms with Crippen LogP contribution in [0.3, 0.4) is 0 Å². The predicted molar refractivity (Wildman–Crippen MR) is 62.1 cm³/mol. The van der Waals surface area contributed by atoms with Crippen molar-refractivity contribution in [2.75, 3.05) is 20.3 Å². The van der Waals surface area contributed by atoms with E-state index < -0.39 is 0 Å².